The van der Waals surface area contributed by atoms with Crippen LogP contribution in [0.2, 0.25) is 0 Å². The summed E-state index contributed by atoms with van der Waals surface area (Å²) < 4.78 is 0. The summed E-state index contributed by atoms with van der Waals surface area (Å²) >= 11 is 3.46. The summed E-state index contributed by atoms with van der Waals surface area (Å²) in [5.74, 6) is 0. The lowest BCUT2D eigenvalue weighted by Gasteiger charge is -2.14. The molecule has 2 aromatic heterocycles. The molecule has 1 N–H and O–H groups in total. The number of nitrogens with zero attached hydrogens (tertiary/aromatic N) is 1. The highest BCUT2D eigenvalue weighted by Crippen LogP contribution is 2.21. The van der Waals surface area contributed by atoms with Gasteiger partial charge in [0.2, 0.25) is 0 Å². The van der Waals surface area contributed by atoms with Crippen molar-refractivity contribution in [2.75, 3.05) is 0 Å². The van der Waals surface area contributed by atoms with Gasteiger partial charge in [-0.2, -0.15) is 0 Å². The number of thiazole rings is 1. The van der Waals surface area contributed by atoms with Gasteiger partial charge in [0.1, 0.15) is 0 Å². The molecule has 1 unspecified atom stereocenters. The van der Waals surface area contributed by atoms with Crippen molar-refractivity contribution < 1.29 is 0 Å². The molecule has 0 saturated carbocycles. The average molecular weight is 238 g/mol. The van der Waals surface area contributed by atoms with Crippen molar-refractivity contribution in [2.24, 2.45) is 0 Å². The second kappa shape index (κ2) is 5.39. The average Bonchev–Trinajstić information content (AvgIpc) is 2.90. The van der Waals surface area contributed by atoms with E-state index in [1.54, 1.807) is 11.3 Å². The number of hydrogen-bond donors (Lipinski definition) is 1. The van der Waals surface area contributed by atoms with Gasteiger partial charge in [-0.15, -0.1) is 22.7 Å². The van der Waals surface area contributed by atoms with Crippen molar-refractivity contribution in [3.05, 3.63) is 39.0 Å². The molecule has 0 aliphatic rings. The predicted molar refractivity (Wildman–Crippen MR) is 66.3 cm³/mol. The number of rotatable bonds is 5. The molecule has 2 aromatic rings. The van der Waals surface area contributed by atoms with Crippen molar-refractivity contribution in [2.45, 2.75) is 25.9 Å². The van der Waals surface area contributed by atoms with Crippen LogP contribution in [0.1, 0.15) is 30.0 Å². The molecule has 0 aliphatic carbocycles. The molecule has 4 heteroatoms. The largest absolute Gasteiger partial charge is 0.304 e. The maximum Gasteiger partial charge on any atom is 0.0795 e. The van der Waals surface area contributed by atoms with Crippen LogP contribution in [-0.2, 0) is 6.54 Å². The Morgan fingerprint density at radius 1 is 1.53 bits per heavy atom. The summed E-state index contributed by atoms with van der Waals surface area (Å²) in [4.78, 5) is 5.67. The predicted octanol–water partition coefficient (Wildman–Crippen LogP) is 3.45. The molecule has 15 heavy (non-hydrogen) atoms. The zero-order valence-corrected chi connectivity index (χ0v) is 10.3. The Labute approximate surface area is 98.0 Å². The minimum Gasteiger partial charge on any atom is -0.304 e. The molecular formula is C11H14N2S2. The molecule has 0 amide bonds. The second-order valence-electron chi connectivity index (χ2n) is 3.34. The van der Waals surface area contributed by atoms with Crippen molar-refractivity contribution in [3.63, 3.8) is 0 Å². The lowest BCUT2D eigenvalue weighted by molar-refractivity contribution is 0.522. The standard InChI is InChI=1S/C11H14N2S2/c1-2-10(11-4-3-5-15-11)12-6-9-7-14-8-13-9/h3-5,7-8,10,12H,2,6H2,1H3. The van der Waals surface area contributed by atoms with Crippen molar-refractivity contribution in [1.82, 2.24) is 10.3 Å². The Morgan fingerprint density at radius 3 is 3.07 bits per heavy atom. The first-order valence-electron chi connectivity index (χ1n) is 5.04. The molecule has 2 nitrogen and oxygen atoms in total. The maximum absolute atomic E-state index is 4.26. The van der Waals surface area contributed by atoms with Crippen LogP contribution in [0.5, 0.6) is 0 Å². The van der Waals surface area contributed by atoms with Crippen LogP contribution in [0.15, 0.2) is 28.4 Å². The topological polar surface area (TPSA) is 24.9 Å². The van der Waals surface area contributed by atoms with Gasteiger partial charge in [-0.05, 0) is 17.9 Å². The fraction of sp³-hybridized carbons (Fsp3) is 0.364. The molecule has 2 heterocycles. The van der Waals surface area contributed by atoms with Crippen LogP contribution in [0, 0.1) is 0 Å². The molecule has 0 aromatic carbocycles. The monoisotopic (exact) mass is 238 g/mol. The van der Waals surface area contributed by atoms with E-state index in [4.69, 9.17) is 0 Å². The normalized spacial score (nSPS) is 12.9. The third-order valence-electron chi connectivity index (χ3n) is 2.31. The van der Waals surface area contributed by atoms with E-state index >= 15 is 0 Å². The van der Waals surface area contributed by atoms with E-state index in [9.17, 15) is 0 Å². The minimum atomic E-state index is 0.465. The van der Waals surface area contributed by atoms with Crippen LogP contribution in [0.25, 0.3) is 0 Å². The summed E-state index contributed by atoms with van der Waals surface area (Å²) in [6, 6.07) is 4.76. The third kappa shape index (κ3) is 2.87. The number of hydrogen-bond acceptors (Lipinski definition) is 4. The summed E-state index contributed by atoms with van der Waals surface area (Å²) in [5.41, 5.74) is 3.01. The van der Waals surface area contributed by atoms with E-state index in [1.165, 1.54) is 4.88 Å². The van der Waals surface area contributed by atoms with E-state index < -0.39 is 0 Å². The summed E-state index contributed by atoms with van der Waals surface area (Å²) in [5, 5.41) is 7.75. The highest BCUT2D eigenvalue weighted by Gasteiger charge is 2.09. The highest BCUT2D eigenvalue weighted by atomic mass is 32.1. The van der Waals surface area contributed by atoms with Crippen LogP contribution in [-0.4, -0.2) is 4.98 Å². The number of nitrogens with one attached hydrogen (secondary N) is 1. The maximum atomic E-state index is 4.26. The van der Waals surface area contributed by atoms with Gasteiger partial charge in [0.05, 0.1) is 11.2 Å². The van der Waals surface area contributed by atoms with Crippen molar-refractivity contribution >= 4 is 22.7 Å². The van der Waals surface area contributed by atoms with Crippen LogP contribution >= 0.6 is 22.7 Å². The van der Waals surface area contributed by atoms with E-state index in [0.717, 1.165) is 18.7 Å². The number of thiophene rings is 1. The van der Waals surface area contributed by atoms with Crippen molar-refractivity contribution in [3.8, 4) is 0 Å². The third-order valence-corrected chi connectivity index (χ3v) is 3.93. The van der Waals surface area contributed by atoms with Gasteiger partial charge in [-0.25, -0.2) is 4.98 Å². The SMILES string of the molecule is CCC(NCc1cscn1)c1cccs1. The molecule has 0 saturated heterocycles. The molecule has 2 rings (SSSR count). The Balaban J connectivity index is 1.92. The van der Waals surface area contributed by atoms with E-state index in [0.29, 0.717) is 6.04 Å². The first-order chi connectivity index (χ1) is 7.40. The van der Waals surface area contributed by atoms with Gasteiger partial charge < -0.3 is 5.32 Å². The van der Waals surface area contributed by atoms with E-state index in [1.807, 2.05) is 16.8 Å². The van der Waals surface area contributed by atoms with Gasteiger partial charge in [0.25, 0.3) is 0 Å². The molecule has 0 bridgehead atoms. The van der Waals surface area contributed by atoms with Crippen LogP contribution in [0.4, 0.5) is 0 Å². The lowest BCUT2D eigenvalue weighted by atomic mass is 10.2. The first-order valence-corrected chi connectivity index (χ1v) is 6.86. The second-order valence-corrected chi connectivity index (χ2v) is 5.03. The van der Waals surface area contributed by atoms with Gasteiger partial charge >= 0.3 is 0 Å². The van der Waals surface area contributed by atoms with E-state index in [-0.39, 0.29) is 0 Å². The van der Waals surface area contributed by atoms with Gasteiger partial charge in [-0.1, -0.05) is 13.0 Å². The van der Waals surface area contributed by atoms with Crippen LogP contribution < -0.4 is 5.32 Å². The highest BCUT2D eigenvalue weighted by molar-refractivity contribution is 7.10. The summed E-state index contributed by atoms with van der Waals surface area (Å²) in [7, 11) is 0. The zero-order valence-electron chi connectivity index (χ0n) is 8.64. The first kappa shape index (κ1) is 10.8. The van der Waals surface area contributed by atoms with Crippen molar-refractivity contribution in [1.29, 1.82) is 0 Å². The Kier molecular flexibility index (Phi) is 3.88. The molecule has 80 valence electrons. The molecule has 1 atom stereocenters. The summed E-state index contributed by atoms with van der Waals surface area (Å²) in [6.45, 7) is 3.07. The number of aromatic nitrogens is 1. The van der Waals surface area contributed by atoms with Gasteiger partial charge in [-0.3, -0.25) is 0 Å². The van der Waals surface area contributed by atoms with E-state index in [2.05, 4.69) is 40.1 Å². The Bertz CT molecular complexity index is 367. The summed E-state index contributed by atoms with van der Waals surface area (Å²) in [6.07, 6.45) is 1.12. The molecule has 0 spiro atoms. The smallest absolute Gasteiger partial charge is 0.0795 e. The van der Waals surface area contributed by atoms with Crippen LogP contribution in [0.3, 0.4) is 0 Å². The zero-order chi connectivity index (χ0) is 10.5. The molecular weight excluding hydrogens is 224 g/mol. The minimum absolute atomic E-state index is 0.465. The molecule has 0 aliphatic heterocycles. The fourth-order valence-electron chi connectivity index (χ4n) is 1.49. The molecule has 0 fully saturated rings. The Hall–Kier alpha value is -0.710. The quantitative estimate of drug-likeness (QED) is 0.863. The molecule has 0 radical (unpaired) electrons. The lowest BCUT2D eigenvalue weighted by Crippen LogP contribution is -2.19. The Morgan fingerprint density at radius 2 is 2.47 bits per heavy atom. The fourth-order valence-corrected chi connectivity index (χ4v) is 2.93. The van der Waals surface area contributed by atoms with Gasteiger partial charge in [0.15, 0.2) is 0 Å². The van der Waals surface area contributed by atoms with Gasteiger partial charge in [0, 0.05) is 22.8 Å².